The molecule has 0 unspecified atom stereocenters. The van der Waals surface area contributed by atoms with Crippen molar-refractivity contribution in [2.24, 2.45) is 0 Å². The van der Waals surface area contributed by atoms with Crippen molar-refractivity contribution in [2.45, 2.75) is 27.2 Å². The molecule has 0 spiro atoms. The van der Waals surface area contributed by atoms with Gasteiger partial charge in [-0.05, 0) is 43.3 Å². The Morgan fingerprint density at radius 3 is 2.37 bits per heavy atom. The second kappa shape index (κ2) is 11.3. The minimum atomic E-state index is -0.0157. The predicted molar refractivity (Wildman–Crippen MR) is 132 cm³/mol. The second-order valence-corrected chi connectivity index (χ2v) is 8.67. The highest BCUT2D eigenvalue weighted by molar-refractivity contribution is 7.23. The minimum absolute atomic E-state index is 0. The number of hydrogen-bond donors (Lipinski definition) is 0. The molecule has 30 heavy (non-hydrogen) atoms. The Labute approximate surface area is 198 Å². The summed E-state index contributed by atoms with van der Waals surface area (Å²) in [6, 6.07) is 11.3. The van der Waals surface area contributed by atoms with E-state index < -0.39 is 0 Å². The molecular weight excluding hydrogens is 461 g/mol. The van der Waals surface area contributed by atoms with Crippen LogP contribution in [0.3, 0.4) is 0 Å². The monoisotopic (exact) mass is 485 g/mol. The quantitative estimate of drug-likeness (QED) is 0.377. The zero-order valence-corrected chi connectivity index (χ0v) is 20.5. The van der Waals surface area contributed by atoms with Gasteiger partial charge in [-0.2, -0.15) is 0 Å². The van der Waals surface area contributed by atoms with Crippen LogP contribution in [0.4, 0.5) is 5.13 Å². The predicted octanol–water partition coefficient (Wildman–Crippen LogP) is 6.25. The zero-order chi connectivity index (χ0) is 21.0. The van der Waals surface area contributed by atoms with Crippen molar-refractivity contribution in [2.75, 3.05) is 31.1 Å². The first-order chi connectivity index (χ1) is 13.9. The van der Waals surface area contributed by atoms with E-state index in [0.717, 1.165) is 41.0 Å². The van der Waals surface area contributed by atoms with E-state index in [1.165, 1.54) is 11.3 Å². The molecule has 0 radical (unpaired) electrons. The van der Waals surface area contributed by atoms with Crippen molar-refractivity contribution in [3.63, 3.8) is 0 Å². The number of anilines is 1. The van der Waals surface area contributed by atoms with Gasteiger partial charge in [0.25, 0.3) is 0 Å². The van der Waals surface area contributed by atoms with Gasteiger partial charge in [0.05, 0.1) is 21.7 Å². The SMILES string of the molecule is CCN(CC)CCN(C(=O)Cc1ccccc1Cl)c1nc2c(C)ccc(Cl)c2s1.Cl. The van der Waals surface area contributed by atoms with Crippen LogP contribution in [0.2, 0.25) is 10.0 Å². The number of carbonyl (C=O) groups is 1. The van der Waals surface area contributed by atoms with Crippen molar-refractivity contribution < 1.29 is 4.79 Å². The van der Waals surface area contributed by atoms with Crippen molar-refractivity contribution in [1.82, 2.24) is 9.88 Å². The number of halogens is 3. The topological polar surface area (TPSA) is 36.4 Å². The summed E-state index contributed by atoms with van der Waals surface area (Å²) >= 11 is 14.1. The molecule has 3 rings (SSSR count). The number of thiazole rings is 1. The molecule has 0 aliphatic carbocycles. The number of fused-ring (bicyclic) bond motifs is 1. The molecule has 0 fully saturated rings. The molecule has 0 N–H and O–H groups in total. The first-order valence-electron chi connectivity index (χ1n) is 9.76. The highest BCUT2D eigenvalue weighted by Crippen LogP contribution is 2.36. The van der Waals surface area contributed by atoms with Crippen LogP contribution in [-0.4, -0.2) is 42.0 Å². The highest BCUT2D eigenvalue weighted by Gasteiger charge is 2.22. The zero-order valence-electron chi connectivity index (χ0n) is 17.3. The van der Waals surface area contributed by atoms with Crippen LogP contribution in [0.1, 0.15) is 25.0 Å². The first kappa shape index (κ1) is 24.9. The number of likely N-dealkylation sites (N-methyl/N-ethyl adjacent to an activating group) is 1. The number of carbonyl (C=O) groups excluding carboxylic acids is 1. The van der Waals surface area contributed by atoms with E-state index in [2.05, 4.69) is 18.7 Å². The van der Waals surface area contributed by atoms with Crippen LogP contribution in [0, 0.1) is 6.92 Å². The standard InChI is InChI=1S/C22H25Cl2N3OS.ClH/c1-4-26(5-2)12-13-27(19(28)14-16-8-6-7-9-17(16)23)22-25-20-15(3)10-11-18(24)21(20)29-22;/h6-11H,4-5,12-14H2,1-3H3;1H. The average Bonchev–Trinajstić information content (AvgIpc) is 3.16. The van der Waals surface area contributed by atoms with Gasteiger partial charge in [-0.1, -0.05) is 72.7 Å². The Morgan fingerprint density at radius 2 is 1.73 bits per heavy atom. The normalized spacial score (nSPS) is 11.0. The maximum absolute atomic E-state index is 13.3. The van der Waals surface area contributed by atoms with E-state index in [9.17, 15) is 4.79 Å². The Balaban J connectivity index is 0.00000320. The molecule has 0 aliphatic heterocycles. The highest BCUT2D eigenvalue weighted by atomic mass is 35.5. The lowest BCUT2D eigenvalue weighted by Crippen LogP contribution is -2.39. The Kier molecular flexibility index (Phi) is 9.38. The molecule has 0 aliphatic rings. The third kappa shape index (κ3) is 5.65. The Bertz CT molecular complexity index is 965. The molecule has 162 valence electrons. The molecule has 1 amide bonds. The maximum atomic E-state index is 13.3. The Morgan fingerprint density at radius 1 is 1.03 bits per heavy atom. The molecule has 0 atom stereocenters. The number of aromatic nitrogens is 1. The fraction of sp³-hybridized carbons (Fsp3) is 0.364. The fourth-order valence-electron chi connectivity index (χ4n) is 3.21. The van der Waals surface area contributed by atoms with E-state index in [1.54, 1.807) is 4.90 Å². The third-order valence-corrected chi connectivity index (χ3v) is 6.96. The van der Waals surface area contributed by atoms with Gasteiger partial charge in [0.2, 0.25) is 5.91 Å². The smallest absolute Gasteiger partial charge is 0.233 e. The van der Waals surface area contributed by atoms with E-state index in [-0.39, 0.29) is 24.7 Å². The molecule has 2 aromatic carbocycles. The van der Waals surface area contributed by atoms with E-state index in [4.69, 9.17) is 28.2 Å². The summed E-state index contributed by atoms with van der Waals surface area (Å²) in [6.07, 6.45) is 0.237. The van der Waals surface area contributed by atoms with Gasteiger partial charge in [0.15, 0.2) is 5.13 Å². The van der Waals surface area contributed by atoms with Gasteiger partial charge in [-0.25, -0.2) is 4.98 Å². The molecule has 1 heterocycles. The van der Waals surface area contributed by atoms with Crippen LogP contribution < -0.4 is 4.90 Å². The Hall–Kier alpha value is -1.37. The molecular formula is C22H26Cl3N3OS. The number of hydrogen-bond acceptors (Lipinski definition) is 4. The van der Waals surface area contributed by atoms with Crippen LogP contribution >= 0.6 is 46.9 Å². The van der Waals surface area contributed by atoms with Gasteiger partial charge in [0, 0.05) is 18.1 Å². The number of nitrogens with zero attached hydrogens (tertiary/aromatic N) is 3. The summed E-state index contributed by atoms with van der Waals surface area (Å²) in [6.45, 7) is 9.49. The van der Waals surface area contributed by atoms with Crippen molar-refractivity contribution in [1.29, 1.82) is 0 Å². The van der Waals surface area contributed by atoms with Gasteiger partial charge in [-0.15, -0.1) is 12.4 Å². The lowest BCUT2D eigenvalue weighted by molar-refractivity contribution is -0.118. The fourth-order valence-corrected chi connectivity index (χ4v) is 4.78. The molecule has 4 nitrogen and oxygen atoms in total. The van der Waals surface area contributed by atoms with Gasteiger partial charge < -0.3 is 4.90 Å². The summed E-state index contributed by atoms with van der Waals surface area (Å²) in [7, 11) is 0. The van der Waals surface area contributed by atoms with Crippen molar-refractivity contribution in [3.8, 4) is 0 Å². The lowest BCUT2D eigenvalue weighted by atomic mass is 10.1. The van der Waals surface area contributed by atoms with Crippen LogP contribution in [0.15, 0.2) is 36.4 Å². The number of aryl methyl sites for hydroxylation is 1. The van der Waals surface area contributed by atoms with E-state index in [0.29, 0.717) is 21.7 Å². The van der Waals surface area contributed by atoms with Crippen LogP contribution in [0.25, 0.3) is 10.2 Å². The average molecular weight is 487 g/mol. The van der Waals surface area contributed by atoms with Gasteiger partial charge in [-0.3, -0.25) is 9.69 Å². The summed E-state index contributed by atoms with van der Waals surface area (Å²) in [4.78, 5) is 22.1. The summed E-state index contributed by atoms with van der Waals surface area (Å²) in [5, 5.41) is 1.95. The summed E-state index contributed by atoms with van der Waals surface area (Å²) < 4.78 is 0.917. The lowest BCUT2D eigenvalue weighted by Gasteiger charge is -2.25. The van der Waals surface area contributed by atoms with Gasteiger partial charge >= 0.3 is 0 Å². The number of rotatable bonds is 8. The largest absolute Gasteiger partial charge is 0.302 e. The minimum Gasteiger partial charge on any atom is -0.302 e. The summed E-state index contributed by atoms with van der Waals surface area (Å²) in [5.41, 5.74) is 2.73. The second-order valence-electron chi connectivity index (χ2n) is 6.88. The number of amides is 1. The molecule has 0 bridgehead atoms. The molecule has 8 heteroatoms. The van der Waals surface area contributed by atoms with Crippen LogP contribution in [-0.2, 0) is 11.2 Å². The molecule has 0 saturated heterocycles. The van der Waals surface area contributed by atoms with Crippen LogP contribution in [0.5, 0.6) is 0 Å². The first-order valence-corrected chi connectivity index (χ1v) is 11.3. The summed E-state index contributed by atoms with van der Waals surface area (Å²) in [5.74, 6) is -0.0157. The third-order valence-electron chi connectivity index (χ3n) is 5.05. The molecule has 3 aromatic rings. The maximum Gasteiger partial charge on any atom is 0.233 e. The molecule has 1 aromatic heterocycles. The van der Waals surface area contributed by atoms with Crippen molar-refractivity contribution >= 4 is 68.2 Å². The number of benzene rings is 2. The van der Waals surface area contributed by atoms with E-state index in [1.807, 2.05) is 43.3 Å². The van der Waals surface area contributed by atoms with Crippen molar-refractivity contribution in [3.05, 3.63) is 57.6 Å². The van der Waals surface area contributed by atoms with E-state index >= 15 is 0 Å². The van der Waals surface area contributed by atoms with Gasteiger partial charge in [0.1, 0.15) is 0 Å². The molecule has 0 saturated carbocycles.